The van der Waals surface area contributed by atoms with E-state index in [2.05, 4.69) is 46.7 Å². The molecule has 108 valence electrons. The van der Waals surface area contributed by atoms with Crippen molar-refractivity contribution in [3.8, 4) is 11.3 Å². The topological polar surface area (TPSA) is 37.3 Å². The van der Waals surface area contributed by atoms with Crippen molar-refractivity contribution in [2.45, 2.75) is 26.2 Å². The predicted octanol–water partition coefficient (Wildman–Crippen LogP) is 4.87. The van der Waals surface area contributed by atoms with Crippen molar-refractivity contribution in [1.29, 1.82) is 0 Å². The van der Waals surface area contributed by atoms with Crippen LogP contribution < -0.4 is 5.43 Å². The van der Waals surface area contributed by atoms with Crippen LogP contribution in [0.25, 0.3) is 11.3 Å². The summed E-state index contributed by atoms with van der Waals surface area (Å²) in [6, 6.07) is 10.3. The highest BCUT2D eigenvalue weighted by Gasteiger charge is 2.09. The minimum atomic E-state index is 0.553. The Labute approximate surface area is 129 Å². The van der Waals surface area contributed by atoms with Gasteiger partial charge >= 0.3 is 0 Å². The molecule has 1 aliphatic rings. The number of allylic oxidation sites excluding steroid dienone is 2. The summed E-state index contributed by atoms with van der Waals surface area (Å²) in [5, 5.41) is 5.21. The van der Waals surface area contributed by atoms with Crippen LogP contribution in [0.3, 0.4) is 0 Å². The summed E-state index contributed by atoms with van der Waals surface area (Å²) in [6.07, 6.45) is 9.94. The van der Waals surface area contributed by atoms with E-state index >= 15 is 0 Å². The number of benzene rings is 1. The van der Waals surface area contributed by atoms with Crippen molar-refractivity contribution < 1.29 is 0 Å². The van der Waals surface area contributed by atoms with E-state index in [1.165, 1.54) is 11.3 Å². The number of nitrogens with zero attached hydrogens (tertiary/aromatic N) is 2. The first kappa shape index (κ1) is 14.0. The molecule has 3 nitrogen and oxygen atoms in total. The first-order valence-corrected chi connectivity index (χ1v) is 8.11. The van der Waals surface area contributed by atoms with Gasteiger partial charge in [0.2, 0.25) is 5.13 Å². The fourth-order valence-corrected chi connectivity index (χ4v) is 3.24. The zero-order valence-corrected chi connectivity index (χ0v) is 12.9. The molecule has 0 fully saturated rings. The third-order valence-electron chi connectivity index (χ3n) is 3.60. The van der Waals surface area contributed by atoms with Crippen molar-refractivity contribution in [3.05, 3.63) is 47.4 Å². The molecule has 1 aromatic carbocycles. The van der Waals surface area contributed by atoms with Gasteiger partial charge in [0.25, 0.3) is 0 Å². The first-order valence-electron chi connectivity index (χ1n) is 7.30. The van der Waals surface area contributed by atoms with Gasteiger partial charge in [0.1, 0.15) is 0 Å². The molecule has 0 saturated heterocycles. The molecule has 1 heterocycles. The second-order valence-electron chi connectivity index (χ2n) is 5.22. The Kier molecular flexibility index (Phi) is 4.46. The molecular formula is C17H19N3S. The van der Waals surface area contributed by atoms with Gasteiger partial charge in [-0.05, 0) is 32.1 Å². The van der Waals surface area contributed by atoms with Crippen LogP contribution in [0.2, 0.25) is 0 Å². The molecule has 3 rings (SSSR count). The highest BCUT2D eigenvalue weighted by molar-refractivity contribution is 7.15. The Morgan fingerprint density at radius 3 is 2.90 bits per heavy atom. The maximum absolute atomic E-state index is 4.64. The van der Waals surface area contributed by atoms with Crippen LogP contribution in [-0.2, 0) is 0 Å². The third-order valence-corrected chi connectivity index (χ3v) is 4.47. The molecule has 0 spiro atoms. The van der Waals surface area contributed by atoms with Crippen molar-refractivity contribution in [1.82, 2.24) is 4.98 Å². The number of aromatic nitrogens is 1. The van der Waals surface area contributed by atoms with E-state index in [0.717, 1.165) is 29.2 Å². The van der Waals surface area contributed by atoms with Crippen LogP contribution in [0.1, 0.15) is 24.1 Å². The van der Waals surface area contributed by atoms with E-state index < -0.39 is 0 Å². The highest BCUT2D eigenvalue weighted by atomic mass is 32.1. The number of hydrazone groups is 1. The van der Waals surface area contributed by atoms with Crippen LogP contribution in [-0.4, -0.2) is 11.2 Å². The SMILES string of the molecule is Cc1sc(N/N=C/[C@H]2CC=CCC2)nc1-c1ccccc1. The third kappa shape index (κ3) is 3.58. The summed E-state index contributed by atoms with van der Waals surface area (Å²) >= 11 is 1.65. The van der Waals surface area contributed by atoms with Gasteiger partial charge in [0.15, 0.2) is 0 Å². The van der Waals surface area contributed by atoms with E-state index in [1.807, 2.05) is 24.4 Å². The summed E-state index contributed by atoms with van der Waals surface area (Å²) in [5.74, 6) is 0.553. The first-order chi connectivity index (χ1) is 10.3. The lowest BCUT2D eigenvalue weighted by molar-refractivity contribution is 0.627. The van der Waals surface area contributed by atoms with Gasteiger partial charge in [0.05, 0.1) is 5.69 Å². The minimum Gasteiger partial charge on any atom is -0.253 e. The Morgan fingerprint density at radius 2 is 2.14 bits per heavy atom. The number of rotatable bonds is 4. The zero-order valence-electron chi connectivity index (χ0n) is 12.1. The van der Waals surface area contributed by atoms with Gasteiger partial charge in [-0.15, -0.1) is 11.3 Å². The van der Waals surface area contributed by atoms with Crippen LogP contribution in [0.4, 0.5) is 5.13 Å². The highest BCUT2D eigenvalue weighted by Crippen LogP contribution is 2.30. The molecule has 0 saturated carbocycles. The molecule has 0 bridgehead atoms. The molecule has 0 radical (unpaired) electrons. The van der Waals surface area contributed by atoms with Crippen molar-refractivity contribution in [2.75, 3.05) is 5.43 Å². The average molecular weight is 297 g/mol. The van der Waals surface area contributed by atoms with Crippen LogP contribution in [0.15, 0.2) is 47.6 Å². The molecule has 1 N–H and O–H groups in total. The molecule has 0 amide bonds. The maximum Gasteiger partial charge on any atom is 0.204 e. The number of hydrogen-bond donors (Lipinski definition) is 1. The number of hydrogen-bond acceptors (Lipinski definition) is 4. The van der Waals surface area contributed by atoms with Gasteiger partial charge in [-0.3, -0.25) is 5.43 Å². The van der Waals surface area contributed by atoms with Crippen LogP contribution in [0, 0.1) is 12.8 Å². The Balaban J connectivity index is 1.67. The van der Waals surface area contributed by atoms with Crippen molar-refractivity contribution >= 4 is 22.7 Å². The monoisotopic (exact) mass is 297 g/mol. The van der Waals surface area contributed by atoms with E-state index in [0.29, 0.717) is 5.92 Å². The molecule has 2 aromatic rings. The van der Waals surface area contributed by atoms with Gasteiger partial charge in [0, 0.05) is 16.7 Å². The minimum absolute atomic E-state index is 0.553. The molecular weight excluding hydrogens is 278 g/mol. The van der Waals surface area contributed by atoms with E-state index in [4.69, 9.17) is 0 Å². The fourth-order valence-electron chi connectivity index (χ4n) is 2.46. The lowest BCUT2D eigenvalue weighted by Gasteiger charge is -2.11. The molecule has 1 aliphatic carbocycles. The number of aryl methyl sites for hydroxylation is 1. The number of nitrogens with one attached hydrogen (secondary N) is 1. The van der Waals surface area contributed by atoms with Gasteiger partial charge in [-0.25, -0.2) is 4.98 Å². The van der Waals surface area contributed by atoms with Gasteiger partial charge in [-0.2, -0.15) is 5.10 Å². The maximum atomic E-state index is 4.64. The smallest absolute Gasteiger partial charge is 0.204 e. The lowest BCUT2D eigenvalue weighted by atomic mass is 9.96. The Morgan fingerprint density at radius 1 is 1.29 bits per heavy atom. The quantitative estimate of drug-likeness (QED) is 0.496. The summed E-state index contributed by atoms with van der Waals surface area (Å²) in [6.45, 7) is 2.10. The van der Waals surface area contributed by atoms with Crippen LogP contribution >= 0.6 is 11.3 Å². The van der Waals surface area contributed by atoms with Gasteiger partial charge in [-0.1, -0.05) is 42.5 Å². The summed E-state index contributed by atoms with van der Waals surface area (Å²) < 4.78 is 0. The Bertz CT molecular complexity index is 643. The van der Waals surface area contributed by atoms with E-state index in [9.17, 15) is 0 Å². The lowest BCUT2D eigenvalue weighted by Crippen LogP contribution is -2.04. The second-order valence-corrected chi connectivity index (χ2v) is 6.43. The number of thiazole rings is 1. The second kappa shape index (κ2) is 6.68. The van der Waals surface area contributed by atoms with Crippen molar-refractivity contribution in [2.24, 2.45) is 11.0 Å². The molecule has 21 heavy (non-hydrogen) atoms. The Hall–Kier alpha value is -1.94. The van der Waals surface area contributed by atoms with Crippen molar-refractivity contribution in [3.63, 3.8) is 0 Å². The van der Waals surface area contributed by atoms with Gasteiger partial charge < -0.3 is 0 Å². The fraction of sp³-hybridized carbons (Fsp3) is 0.294. The van der Waals surface area contributed by atoms with Crippen LogP contribution in [0.5, 0.6) is 0 Å². The van der Waals surface area contributed by atoms with E-state index in [1.54, 1.807) is 11.3 Å². The molecule has 4 heteroatoms. The summed E-state index contributed by atoms with van der Waals surface area (Å²) in [5.41, 5.74) is 5.27. The molecule has 0 unspecified atom stereocenters. The zero-order chi connectivity index (χ0) is 14.5. The average Bonchev–Trinajstić information content (AvgIpc) is 2.90. The van der Waals surface area contributed by atoms with E-state index in [-0.39, 0.29) is 0 Å². The molecule has 1 aromatic heterocycles. The largest absolute Gasteiger partial charge is 0.253 e. The normalized spacial score (nSPS) is 18.2. The predicted molar refractivity (Wildman–Crippen MR) is 90.9 cm³/mol. The number of anilines is 1. The summed E-state index contributed by atoms with van der Waals surface area (Å²) in [7, 11) is 0. The standard InChI is InChI=1S/C17H19N3S/c1-13-16(15-10-6-3-7-11-15)19-17(21-13)20-18-12-14-8-4-2-5-9-14/h2-4,6-7,10-12,14H,5,8-9H2,1H3,(H,19,20)/b18-12+/t14-/m0/s1. The summed E-state index contributed by atoms with van der Waals surface area (Å²) in [4.78, 5) is 5.85. The molecule has 1 atom stereocenters. The molecule has 0 aliphatic heterocycles.